The summed E-state index contributed by atoms with van der Waals surface area (Å²) in [4.78, 5) is 17.1. The molecule has 1 aromatic carbocycles. The van der Waals surface area contributed by atoms with E-state index in [0.29, 0.717) is 29.0 Å². The largest absolute Gasteiger partial charge is 0.495 e. The van der Waals surface area contributed by atoms with Crippen LogP contribution in [0.5, 0.6) is 5.75 Å². The van der Waals surface area contributed by atoms with Crippen LogP contribution < -0.4 is 15.4 Å². The summed E-state index contributed by atoms with van der Waals surface area (Å²) in [6.07, 6.45) is 1.23. The molecular formula is C17H26Cl2N4O2. The summed E-state index contributed by atoms with van der Waals surface area (Å²) in [6.45, 7) is 6.52. The number of halogens is 2. The van der Waals surface area contributed by atoms with Crippen molar-refractivity contribution in [2.24, 2.45) is 0 Å². The van der Waals surface area contributed by atoms with Crippen molar-refractivity contribution in [1.29, 1.82) is 0 Å². The molecule has 0 spiro atoms. The lowest BCUT2D eigenvalue weighted by molar-refractivity contribution is -0.117. The number of nitrogens with zero attached hydrogens (tertiary/aromatic N) is 2. The molecule has 6 nitrogen and oxygen atoms in total. The lowest BCUT2D eigenvalue weighted by atomic mass is 10.2. The van der Waals surface area contributed by atoms with E-state index in [4.69, 9.17) is 16.3 Å². The van der Waals surface area contributed by atoms with Crippen molar-refractivity contribution in [2.45, 2.75) is 12.5 Å². The molecule has 2 aliphatic heterocycles. The van der Waals surface area contributed by atoms with Gasteiger partial charge in [0.2, 0.25) is 5.91 Å². The Morgan fingerprint density at radius 1 is 1.36 bits per heavy atom. The molecule has 1 aromatic rings. The Labute approximate surface area is 160 Å². The molecule has 0 aromatic heterocycles. The molecule has 0 bridgehead atoms. The molecule has 1 amide bonds. The maximum absolute atomic E-state index is 12.3. The third kappa shape index (κ3) is 5.46. The Hall–Kier alpha value is -1.05. The number of piperazine rings is 1. The minimum absolute atomic E-state index is 0. The fourth-order valence-corrected chi connectivity index (χ4v) is 3.58. The summed E-state index contributed by atoms with van der Waals surface area (Å²) in [5.41, 5.74) is 0.616. The Balaban J connectivity index is 0.00000225. The van der Waals surface area contributed by atoms with Crippen molar-refractivity contribution in [3.63, 3.8) is 0 Å². The third-order valence-corrected chi connectivity index (χ3v) is 5.00. The van der Waals surface area contributed by atoms with Crippen molar-refractivity contribution < 1.29 is 9.53 Å². The molecule has 2 N–H and O–H groups in total. The zero-order valence-electron chi connectivity index (χ0n) is 14.5. The maximum atomic E-state index is 12.3. The number of benzene rings is 1. The van der Waals surface area contributed by atoms with Crippen LogP contribution in [0.1, 0.15) is 6.42 Å². The second-order valence-corrected chi connectivity index (χ2v) is 6.79. The fraction of sp³-hybridized carbons (Fsp3) is 0.588. The summed E-state index contributed by atoms with van der Waals surface area (Å²) >= 11 is 6.00. The third-order valence-electron chi connectivity index (χ3n) is 4.76. The summed E-state index contributed by atoms with van der Waals surface area (Å²) < 4.78 is 5.26. The summed E-state index contributed by atoms with van der Waals surface area (Å²) in [7, 11) is 1.58. The molecule has 2 saturated heterocycles. The number of hydrogen-bond acceptors (Lipinski definition) is 5. The van der Waals surface area contributed by atoms with Gasteiger partial charge in [0.05, 0.1) is 19.3 Å². The summed E-state index contributed by atoms with van der Waals surface area (Å²) in [5.74, 6) is 0.581. The Bertz CT molecular complexity index is 574. The van der Waals surface area contributed by atoms with Gasteiger partial charge in [0.25, 0.3) is 0 Å². The predicted molar refractivity (Wildman–Crippen MR) is 103 cm³/mol. The quantitative estimate of drug-likeness (QED) is 0.803. The number of methoxy groups -OCH3 is 1. The highest BCUT2D eigenvalue weighted by molar-refractivity contribution is 6.31. The number of ether oxygens (including phenoxy) is 1. The molecule has 1 unspecified atom stereocenters. The number of hydrogen-bond donors (Lipinski definition) is 2. The van der Waals surface area contributed by atoms with Gasteiger partial charge in [-0.3, -0.25) is 14.6 Å². The van der Waals surface area contributed by atoms with Crippen LogP contribution in [0.4, 0.5) is 5.69 Å². The van der Waals surface area contributed by atoms with Crippen LogP contribution in [0.25, 0.3) is 0 Å². The van der Waals surface area contributed by atoms with Gasteiger partial charge in [0.15, 0.2) is 0 Å². The van der Waals surface area contributed by atoms with Crippen LogP contribution in [0.15, 0.2) is 18.2 Å². The number of amides is 1. The van der Waals surface area contributed by atoms with Crippen LogP contribution in [0.2, 0.25) is 5.02 Å². The van der Waals surface area contributed by atoms with Gasteiger partial charge in [-0.25, -0.2) is 0 Å². The zero-order chi connectivity index (χ0) is 16.9. The van der Waals surface area contributed by atoms with E-state index < -0.39 is 0 Å². The number of anilines is 1. The lowest BCUT2D eigenvalue weighted by Crippen LogP contribution is -2.52. The SMILES string of the molecule is COc1ccc(Cl)cc1NC(=O)CN1CCN(C2CCNC2)CC1.Cl. The van der Waals surface area contributed by atoms with Gasteiger partial charge in [-0.2, -0.15) is 0 Å². The monoisotopic (exact) mass is 388 g/mol. The maximum Gasteiger partial charge on any atom is 0.238 e. The van der Waals surface area contributed by atoms with E-state index in [1.165, 1.54) is 6.42 Å². The fourth-order valence-electron chi connectivity index (χ4n) is 3.41. The molecule has 0 saturated carbocycles. The average Bonchev–Trinajstić information content (AvgIpc) is 3.10. The van der Waals surface area contributed by atoms with Crippen LogP contribution in [0, 0.1) is 0 Å². The van der Waals surface area contributed by atoms with Crippen molar-refractivity contribution in [1.82, 2.24) is 15.1 Å². The molecule has 3 rings (SSSR count). The van der Waals surface area contributed by atoms with E-state index in [-0.39, 0.29) is 18.3 Å². The summed E-state index contributed by atoms with van der Waals surface area (Å²) in [6, 6.07) is 5.87. The lowest BCUT2D eigenvalue weighted by Gasteiger charge is -2.37. The highest BCUT2D eigenvalue weighted by Gasteiger charge is 2.26. The van der Waals surface area contributed by atoms with Gasteiger partial charge >= 0.3 is 0 Å². The molecule has 140 valence electrons. The van der Waals surface area contributed by atoms with Crippen molar-refractivity contribution in [2.75, 3.05) is 58.2 Å². The van der Waals surface area contributed by atoms with E-state index >= 15 is 0 Å². The van der Waals surface area contributed by atoms with Gasteiger partial charge in [0, 0.05) is 43.8 Å². The minimum atomic E-state index is -0.0356. The Morgan fingerprint density at radius 3 is 2.76 bits per heavy atom. The van der Waals surface area contributed by atoms with E-state index in [9.17, 15) is 4.79 Å². The van der Waals surface area contributed by atoms with Crippen molar-refractivity contribution >= 4 is 35.6 Å². The predicted octanol–water partition coefficient (Wildman–Crippen LogP) is 1.69. The molecule has 8 heteroatoms. The van der Waals surface area contributed by atoms with Crippen LogP contribution in [-0.4, -0.2) is 74.7 Å². The molecule has 2 fully saturated rings. The highest BCUT2D eigenvalue weighted by Crippen LogP contribution is 2.27. The van der Waals surface area contributed by atoms with Gasteiger partial charge < -0.3 is 15.4 Å². The van der Waals surface area contributed by atoms with Crippen molar-refractivity contribution in [3.05, 3.63) is 23.2 Å². The smallest absolute Gasteiger partial charge is 0.238 e. The zero-order valence-corrected chi connectivity index (χ0v) is 16.0. The molecular weight excluding hydrogens is 363 g/mol. The Kier molecular flexibility index (Phi) is 7.78. The second kappa shape index (κ2) is 9.59. The molecule has 2 heterocycles. The van der Waals surface area contributed by atoms with E-state index in [0.717, 1.165) is 39.3 Å². The minimum Gasteiger partial charge on any atom is -0.495 e. The molecule has 2 aliphatic rings. The first-order chi connectivity index (χ1) is 11.7. The number of rotatable bonds is 5. The molecule has 0 radical (unpaired) electrons. The number of carbonyl (C=O) groups is 1. The molecule has 0 aliphatic carbocycles. The topological polar surface area (TPSA) is 56.8 Å². The van der Waals surface area contributed by atoms with Gasteiger partial charge in [-0.15, -0.1) is 12.4 Å². The standard InChI is InChI=1S/C17H25ClN4O2.ClH/c1-24-16-3-2-13(18)10-15(16)20-17(23)12-21-6-8-22(9-7-21)14-4-5-19-11-14;/h2-3,10,14,19H,4-9,11-12H2,1H3,(H,20,23);1H. The number of carbonyl (C=O) groups excluding carboxylic acids is 1. The Morgan fingerprint density at radius 2 is 2.12 bits per heavy atom. The van der Waals surface area contributed by atoms with E-state index in [1.807, 2.05) is 0 Å². The van der Waals surface area contributed by atoms with Crippen LogP contribution in [0.3, 0.4) is 0 Å². The first kappa shape index (κ1) is 20.3. The molecule has 25 heavy (non-hydrogen) atoms. The van der Waals surface area contributed by atoms with E-state index in [1.54, 1.807) is 25.3 Å². The average molecular weight is 389 g/mol. The van der Waals surface area contributed by atoms with Gasteiger partial charge in [0.1, 0.15) is 5.75 Å². The van der Waals surface area contributed by atoms with Crippen LogP contribution in [-0.2, 0) is 4.79 Å². The first-order valence-electron chi connectivity index (χ1n) is 8.46. The van der Waals surface area contributed by atoms with Gasteiger partial charge in [-0.1, -0.05) is 11.6 Å². The molecule has 1 atom stereocenters. The van der Waals surface area contributed by atoms with Gasteiger partial charge in [-0.05, 0) is 31.2 Å². The first-order valence-corrected chi connectivity index (χ1v) is 8.84. The normalized spacial score (nSPS) is 21.6. The second-order valence-electron chi connectivity index (χ2n) is 6.35. The summed E-state index contributed by atoms with van der Waals surface area (Å²) in [5, 5.41) is 6.89. The van der Waals surface area contributed by atoms with Crippen LogP contribution >= 0.6 is 24.0 Å². The number of nitrogens with one attached hydrogen (secondary N) is 2. The van der Waals surface area contributed by atoms with E-state index in [2.05, 4.69) is 20.4 Å². The van der Waals surface area contributed by atoms with Crippen molar-refractivity contribution in [3.8, 4) is 5.75 Å². The highest BCUT2D eigenvalue weighted by atomic mass is 35.5.